The maximum atomic E-state index is 14.6. The summed E-state index contributed by atoms with van der Waals surface area (Å²) in [7, 11) is 0.571. The summed E-state index contributed by atoms with van der Waals surface area (Å²) in [6.45, 7) is 0.294. The first-order valence-electron chi connectivity index (χ1n) is 8.32. The average molecular weight is 402 g/mol. The van der Waals surface area contributed by atoms with E-state index < -0.39 is 39.5 Å². The molecule has 2 aliphatic rings. The first-order valence-corrected chi connectivity index (χ1v) is 10.2. The minimum absolute atomic E-state index is 0.0329. The van der Waals surface area contributed by atoms with Crippen molar-refractivity contribution >= 4 is 33.1 Å². The molecule has 1 aromatic carbocycles. The summed E-state index contributed by atoms with van der Waals surface area (Å²) >= 11 is 0. The summed E-state index contributed by atoms with van der Waals surface area (Å²) in [5.41, 5.74) is -0.263. The minimum Gasteiger partial charge on any atom is -0.434 e. The number of nitrogens with zero attached hydrogens (tertiary/aromatic N) is 3. The number of benzene rings is 1. The zero-order valence-electron chi connectivity index (χ0n) is 14.9. The van der Waals surface area contributed by atoms with Crippen LogP contribution in [0.25, 0.3) is 0 Å². The van der Waals surface area contributed by atoms with Crippen LogP contribution in [-0.4, -0.2) is 67.5 Å². The monoisotopic (exact) mass is 402 g/mol. The van der Waals surface area contributed by atoms with Crippen molar-refractivity contribution in [1.29, 1.82) is 0 Å². The third-order valence-electron chi connectivity index (χ3n) is 4.67. The van der Waals surface area contributed by atoms with Gasteiger partial charge in [0.2, 0.25) is 0 Å². The lowest BCUT2D eigenvalue weighted by Crippen LogP contribution is -2.41. The van der Waals surface area contributed by atoms with Crippen molar-refractivity contribution in [2.45, 2.75) is 6.10 Å². The maximum Gasteiger partial charge on any atom is 0.415 e. The molecule has 0 unspecified atom stereocenters. The zero-order chi connectivity index (χ0) is 19.8. The fraction of sp³-hybridized carbons (Fsp3) is 0.500. The third kappa shape index (κ3) is 3.68. The SMILES string of the molecule is CN=S1(=O)CCN(c2c(F)cc(N3C[C@H](C(=O)NC)OC3=O)cc2F)CC1. The first kappa shape index (κ1) is 19.3. The highest BCUT2D eigenvalue weighted by atomic mass is 32.2. The number of rotatable bonds is 3. The Morgan fingerprint density at radius 1 is 1.30 bits per heavy atom. The van der Waals surface area contributed by atoms with E-state index in [1.165, 1.54) is 19.0 Å². The lowest BCUT2D eigenvalue weighted by molar-refractivity contribution is -0.127. The Bertz CT molecular complexity index is 863. The van der Waals surface area contributed by atoms with Gasteiger partial charge in [-0.15, -0.1) is 0 Å². The molecule has 0 aliphatic carbocycles. The molecule has 2 aliphatic heterocycles. The topological polar surface area (TPSA) is 91.3 Å². The van der Waals surface area contributed by atoms with E-state index in [1.54, 1.807) is 0 Å². The molecule has 1 aromatic rings. The first-order chi connectivity index (χ1) is 12.8. The molecule has 27 heavy (non-hydrogen) atoms. The van der Waals surface area contributed by atoms with Crippen molar-refractivity contribution in [3.63, 3.8) is 0 Å². The summed E-state index contributed by atoms with van der Waals surface area (Å²) in [5.74, 6) is -1.72. The standard InChI is InChI=1S/C16H20F2N4O4S/c1-19-15(23)13-9-22(16(24)26-13)10-7-11(17)14(12(18)8-10)21-3-5-27(25,20-2)6-4-21/h7-8,13H,3-6,9H2,1-2H3,(H,19,23)/t13-/m1/s1. The van der Waals surface area contributed by atoms with Crippen molar-refractivity contribution in [1.82, 2.24) is 5.32 Å². The van der Waals surface area contributed by atoms with E-state index in [2.05, 4.69) is 9.68 Å². The number of anilines is 2. The highest BCUT2D eigenvalue weighted by Gasteiger charge is 2.37. The summed E-state index contributed by atoms with van der Waals surface area (Å²) < 4.78 is 50.3. The molecule has 2 heterocycles. The van der Waals surface area contributed by atoms with Crippen LogP contribution in [0, 0.1) is 11.6 Å². The fourth-order valence-electron chi connectivity index (χ4n) is 3.11. The molecule has 2 amide bonds. The normalized spacial score (nSPS) is 21.8. The molecule has 0 spiro atoms. The predicted octanol–water partition coefficient (Wildman–Crippen LogP) is 0.954. The molecule has 0 saturated carbocycles. The van der Waals surface area contributed by atoms with Gasteiger partial charge in [0.05, 0.1) is 12.2 Å². The van der Waals surface area contributed by atoms with Gasteiger partial charge in [0.15, 0.2) is 17.7 Å². The molecule has 148 valence electrons. The Morgan fingerprint density at radius 2 is 1.89 bits per heavy atom. The molecular formula is C16H20F2N4O4S. The van der Waals surface area contributed by atoms with Gasteiger partial charge in [-0.2, -0.15) is 0 Å². The number of likely N-dealkylation sites (N-methyl/N-ethyl adjacent to an activating group) is 1. The van der Waals surface area contributed by atoms with Crippen LogP contribution in [0.3, 0.4) is 0 Å². The maximum absolute atomic E-state index is 14.6. The Balaban J connectivity index is 1.83. The third-order valence-corrected chi connectivity index (χ3v) is 6.98. The highest BCUT2D eigenvalue weighted by Crippen LogP contribution is 2.31. The van der Waals surface area contributed by atoms with Gasteiger partial charge in [-0.25, -0.2) is 22.1 Å². The van der Waals surface area contributed by atoms with E-state index in [1.807, 2.05) is 0 Å². The number of nitrogens with one attached hydrogen (secondary N) is 1. The van der Waals surface area contributed by atoms with E-state index >= 15 is 0 Å². The van der Waals surface area contributed by atoms with Crippen molar-refractivity contribution in [2.75, 3.05) is 55.0 Å². The van der Waals surface area contributed by atoms with Crippen LogP contribution < -0.4 is 15.1 Å². The number of amides is 2. The number of carbonyl (C=O) groups excluding carboxylic acids is 2. The molecule has 2 fully saturated rings. The quantitative estimate of drug-likeness (QED) is 0.813. The summed E-state index contributed by atoms with van der Waals surface area (Å²) in [6.07, 6.45) is -1.89. The number of hydrogen-bond acceptors (Lipinski definition) is 6. The number of cyclic esters (lactones) is 1. The predicted molar refractivity (Wildman–Crippen MR) is 96.5 cm³/mol. The second-order valence-corrected chi connectivity index (χ2v) is 8.93. The molecule has 0 radical (unpaired) electrons. The van der Waals surface area contributed by atoms with Crippen LogP contribution in [0.15, 0.2) is 16.5 Å². The van der Waals surface area contributed by atoms with Crippen LogP contribution >= 0.6 is 0 Å². The van der Waals surface area contributed by atoms with Crippen molar-refractivity contribution < 1.29 is 27.3 Å². The Hall–Kier alpha value is -2.43. The van der Waals surface area contributed by atoms with Crippen LogP contribution in [-0.2, 0) is 19.3 Å². The van der Waals surface area contributed by atoms with Gasteiger partial charge in [0.1, 0.15) is 5.69 Å². The smallest absolute Gasteiger partial charge is 0.415 e. The van der Waals surface area contributed by atoms with E-state index in [4.69, 9.17) is 4.74 Å². The number of halogens is 2. The van der Waals surface area contributed by atoms with Gasteiger partial charge in [-0.05, 0) is 0 Å². The fourth-order valence-corrected chi connectivity index (χ4v) is 4.69. The average Bonchev–Trinajstić information content (AvgIpc) is 3.04. The molecule has 0 bridgehead atoms. The second-order valence-electron chi connectivity index (χ2n) is 6.21. The van der Waals surface area contributed by atoms with Crippen molar-refractivity contribution in [3.05, 3.63) is 23.8 Å². The second kappa shape index (κ2) is 7.29. The lowest BCUT2D eigenvalue weighted by Gasteiger charge is -2.31. The van der Waals surface area contributed by atoms with Crippen LogP contribution in [0.1, 0.15) is 0 Å². The Labute approximate surface area is 155 Å². The van der Waals surface area contributed by atoms with E-state index in [0.29, 0.717) is 0 Å². The molecule has 11 heteroatoms. The van der Waals surface area contributed by atoms with Crippen LogP contribution in [0.5, 0.6) is 0 Å². The van der Waals surface area contributed by atoms with Crippen LogP contribution in [0.4, 0.5) is 25.0 Å². The number of hydrogen-bond donors (Lipinski definition) is 1. The lowest BCUT2D eigenvalue weighted by atomic mass is 10.2. The van der Waals surface area contributed by atoms with Gasteiger partial charge in [0.25, 0.3) is 5.91 Å². The highest BCUT2D eigenvalue weighted by molar-refractivity contribution is 7.93. The van der Waals surface area contributed by atoms with E-state index in [-0.39, 0.29) is 42.5 Å². The Kier molecular flexibility index (Phi) is 5.22. The van der Waals surface area contributed by atoms with Gasteiger partial charge >= 0.3 is 6.09 Å². The molecular weight excluding hydrogens is 382 g/mol. The molecule has 3 rings (SSSR count). The van der Waals surface area contributed by atoms with Crippen molar-refractivity contribution in [2.24, 2.45) is 4.36 Å². The minimum atomic E-state index is -2.31. The Morgan fingerprint density at radius 3 is 2.41 bits per heavy atom. The largest absolute Gasteiger partial charge is 0.434 e. The van der Waals surface area contributed by atoms with Gasteiger partial charge in [0, 0.05) is 60.6 Å². The summed E-state index contributed by atoms with van der Waals surface area (Å²) in [4.78, 5) is 26.0. The summed E-state index contributed by atoms with van der Waals surface area (Å²) in [5, 5.41) is 2.36. The van der Waals surface area contributed by atoms with E-state index in [0.717, 1.165) is 17.0 Å². The zero-order valence-corrected chi connectivity index (χ0v) is 15.7. The summed E-state index contributed by atoms with van der Waals surface area (Å²) in [6, 6.07) is 2.06. The van der Waals surface area contributed by atoms with Crippen molar-refractivity contribution in [3.8, 4) is 0 Å². The molecule has 8 nitrogen and oxygen atoms in total. The van der Waals surface area contributed by atoms with Gasteiger partial charge < -0.3 is 15.0 Å². The number of ether oxygens (including phenoxy) is 1. The van der Waals surface area contributed by atoms with E-state index in [9.17, 15) is 22.6 Å². The molecule has 0 aromatic heterocycles. The molecule has 1 N–H and O–H groups in total. The van der Waals surface area contributed by atoms with Gasteiger partial charge in [-0.1, -0.05) is 0 Å². The molecule has 1 atom stereocenters. The molecule has 2 saturated heterocycles. The number of carbonyl (C=O) groups is 2. The van der Waals surface area contributed by atoms with Crippen LogP contribution in [0.2, 0.25) is 0 Å². The van der Waals surface area contributed by atoms with Gasteiger partial charge in [-0.3, -0.25) is 9.69 Å².